The van der Waals surface area contributed by atoms with E-state index in [1.807, 2.05) is 0 Å². The zero-order valence-corrected chi connectivity index (χ0v) is 13.1. The van der Waals surface area contributed by atoms with Crippen LogP contribution in [0.2, 0.25) is 0 Å². The van der Waals surface area contributed by atoms with Crippen LogP contribution >= 0.6 is 0 Å². The quantitative estimate of drug-likeness (QED) is 0.877. The normalized spacial score (nSPS) is 15.7. The van der Waals surface area contributed by atoms with Crippen LogP contribution in [0, 0.1) is 11.3 Å². The highest BCUT2D eigenvalue weighted by atomic mass is 16.2. The van der Waals surface area contributed by atoms with Crippen molar-refractivity contribution in [1.82, 2.24) is 19.1 Å². The van der Waals surface area contributed by atoms with Gasteiger partial charge in [0.2, 0.25) is 5.95 Å². The Kier molecular flexibility index (Phi) is 4.19. The number of fused-ring (bicyclic) bond motifs is 1. The number of nitriles is 1. The van der Waals surface area contributed by atoms with E-state index in [0.717, 1.165) is 12.8 Å². The van der Waals surface area contributed by atoms with Crippen LogP contribution in [0.1, 0.15) is 38.5 Å². The molecule has 2 heterocycles. The largest absolute Gasteiger partial charge is 0.353 e. The van der Waals surface area contributed by atoms with E-state index in [4.69, 9.17) is 5.26 Å². The minimum absolute atomic E-state index is 0.271. The molecule has 0 aliphatic heterocycles. The molecule has 8 nitrogen and oxygen atoms in total. The van der Waals surface area contributed by atoms with Crippen molar-refractivity contribution < 1.29 is 0 Å². The van der Waals surface area contributed by atoms with Crippen molar-refractivity contribution in [2.45, 2.75) is 51.1 Å². The Morgan fingerprint density at radius 3 is 2.78 bits per heavy atom. The highest BCUT2D eigenvalue weighted by Gasteiger charge is 2.20. The Balaban J connectivity index is 2.10. The van der Waals surface area contributed by atoms with Crippen LogP contribution in [0.5, 0.6) is 0 Å². The third-order valence-corrected chi connectivity index (χ3v) is 4.39. The summed E-state index contributed by atoms with van der Waals surface area (Å²) in [7, 11) is 1.58. The van der Waals surface area contributed by atoms with Crippen LogP contribution < -0.4 is 16.6 Å². The standard InChI is InChI=1S/C15H20N6O2/c1-20-12-11(13(22)19-15(20)23)21(9-5-8-16)14(18-12)17-10-6-3-2-4-7-10/h10H,2-7,9H2,1H3,(H,17,18)(H,19,22,23). The lowest BCUT2D eigenvalue weighted by atomic mass is 9.96. The Morgan fingerprint density at radius 1 is 1.35 bits per heavy atom. The molecule has 1 fully saturated rings. The lowest BCUT2D eigenvalue weighted by Gasteiger charge is -2.23. The van der Waals surface area contributed by atoms with Gasteiger partial charge in [-0.15, -0.1) is 0 Å². The number of nitrogens with one attached hydrogen (secondary N) is 2. The lowest BCUT2D eigenvalue weighted by molar-refractivity contribution is 0.459. The molecule has 3 rings (SSSR count). The molecule has 2 aromatic heterocycles. The number of rotatable bonds is 4. The van der Waals surface area contributed by atoms with Crippen molar-refractivity contribution in [3.8, 4) is 6.07 Å². The Bertz CT molecular complexity index is 863. The molecular weight excluding hydrogens is 296 g/mol. The van der Waals surface area contributed by atoms with Crippen LogP contribution in [-0.2, 0) is 13.6 Å². The maximum absolute atomic E-state index is 12.2. The first-order chi connectivity index (χ1) is 11.1. The van der Waals surface area contributed by atoms with E-state index in [9.17, 15) is 9.59 Å². The summed E-state index contributed by atoms with van der Waals surface area (Å²) in [6.45, 7) is 0.364. The van der Waals surface area contributed by atoms with Crippen LogP contribution in [-0.4, -0.2) is 25.1 Å². The molecule has 0 radical (unpaired) electrons. The number of aryl methyl sites for hydroxylation is 2. The Morgan fingerprint density at radius 2 is 2.09 bits per heavy atom. The average Bonchev–Trinajstić information content (AvgIpc) is 2.90. The number of aromatic amines is 1. The predicted octanol–water partition coefficient (Wildman–Crippen LogP) is 1.08. The van der Waals surface area contributed by atoms with Gasteiger partial charge in [-0.3, -0.25) is 14.3 Å². The van der Waals surface area contributed by atoms with Gasteiger partial charge in [0.05, 0.1) is 12.5 Å². The van der Waals surface area contributed by atoms with Gasteiger partial charge in [-0.1, -0.05) is 19.3 Å². The molecule has 122 valence electrons. The summed E-state index contributed by atoms with van der Waals surface area (Å²) >= 11 is 0. The number of hydrogen-bond donors (Lipinski definition) is 2. The topological polar surface area (TPSA) is 108 Å². The maximum Gasteiger partial charge on any atom is 0.329 e. The molecule has 1 saturated carbocycles. The lowest BCUT2D eigenvalue weighted by Crippen LogP contribution is -2.29. The van der Waals surface area contributed by atoms with Gasteiger partial charge in [-0.2, -0.15) is 10.2 Å². The molecule has 0 unspecified atom stereocenters. The van der Waals surface area contributed by atoms with E-state index in [2.05, 4.69) is 21.4 Å². The van der Waals surface area contributed by atoms with E-state index >= 15 is 0 Å². The molecular formula is C15H20N6O2. The molecule has 0 bridgehead atoms. The highest BCUT2D eigenvalue weighted by Crippen LogP contribution is 2.23. The van der Waals surface area contributed by atoms with Gasteiger partial charge in [0.15, 0.2) is 11.2 Å². The summed E-state index contributed by atoms with van der Waals surface area (Å²) in [5.41, 5.74) is -0.280. The second-order valence-corrected chi connectivity index (χ2v) is 5.96. The van der Waals surface area contributed by atoms with Crippen LogP contribution in [0.15, 0.2) is 9.59 Å². The third-order valence-electron chi connectivity index (χ3n) is 4.39. The van der Waals surface area contributed by atoms with Crippen molar-refractivity contribution in [2.75, 3.05) is 5.32 Å². The number of nitrogens with zero attached hydrogens (tertiary/aromatic N) is 4. The van der Waals surface area contributed by atoms with Gasteiger partial charge >= 0.3 is 5.69 Å². The van der Waals surface area contributed by atoms with Gasteiger partial charge in [0, 0.05) is 19.6 Å². The third kappa shape index (κ3) is 2.86. The molecule has 8 heteroatoms. The molecule has 1 aliphatic carbocycles. The minimum atomic E-state index is -0.489. The summed E-state index contributed by atoms with van der Waals surface area (Å²) in [6, 6.07) is 2.41. The van der Waals surface area contributed by atoms with E-state index in [0.29, 0.717) is 29.7 Å². The van der Waals surface area contributed by atoms with E-state index in [1.165, 1.54) is 23.8 Å². The van der Waals surface area contributed by atoms with Gasteiger partial charge in [0.1, 0.15) is 0 Å². The summed E-state index contributed by atoms with van der Waals surface area (Å²) in [6.07, 6.45) is 6.00. The van der Waals surface area contributed by atoms with Gasteiger partial charge < -0.3 is 9.88 Å². The fourth-order valence-corrected chi connectivity index (χ4v) is 3.15. The second kappa shape index (κ2) is 6.28. The molecule has 1 aliphatic rings. The SMILES string of the molecule is Cn1c(=O)[nH]c(=O)c2c1nc(NC1CCCCC1)n2CCC#N. The molecule has 0 spiro atoms. The Hall–Kier alpha value is -2.56. The smallest absolute Gasteiger partial charge is 0.329 e. The summed E-state index contributed by atoms with van der Waals surface area (Å²) < 4.78 is 3.04. The first-order valence-corrected chi connectivity index (χ1v) is 7.95. The van der Waals surface area contributed by atoms with Crippen molar-refractivity contribution >= 4 is 17.1 Å². The molecule has 0 atom stereocenters. The first-order valence-electron chi connectivity index (χ1n) is 7.95. The fraction of sp³-hybridized carbons (Fsp3) is 0.600. The molecule has 23 heavy (non-hydrogen) atoms. The molecule has 0 saturated heterocycles. The van der Waals surface area contributed by atoms with Crippen molar-refractivity contribution in [3.05, 3.63) is 20.8 Å². The van der Waals surface area contributed by atoms with Crippen molar-refractivity contribution in [1.29, 1.82) is 5.26 Å². The molecule has 0 amide bonds. The summed E-state index contributed by atoms with van der Waals surface area (Å²) in [4.78, 5) is 30.7. The highest BCUT2D eigenvalue weighted by molar-refractivity contribution is 5.74. The molecule has 2 aromatic rings. The monoisotopic (exact) mass is 316 g/mol. The van der Waals surface area contributed by atoms with Crippen molar-refractivity contribution in [2.24, 2.45) is 7.05 Å². The number of anilines is 1. The Labute approximate surface area is 132 Å². The van der Waals surface area contributed by atoms with E-state index < -0.39 is 11.2 Å². The fourth-order valence-electron chi connectivity index (χ4n) is 3.15. The second-order valence-electron chi connectivity index (χ2n) is 5.96. The number of imidazole rings is 1. The number of aromatic nitrogens is 4. The maximum atomic E-state index is 12.2. The van der Waals surface area contributed by atoms with Crippen molar-refractivity contribution in [3.63, 3.8) is 0 Å². The zero-order valence-electron chi connectivity index (χ0n) is 13.1. The molecule has 2 N–H and O–H groups in total. The van der Waals surface area contributed by atoms with Crippen LogP contribution in [0.4, 0.5) is 5.95 Å². The predicted molar refractivity (Wildman–Crippen MR) is 86.3 cm³/mol. The van der Waals surface area contributed by atoms with Gasteiger partial charge in [-0.05, 0) is 12.8 Å². The minimum Gasteiger partial charge on any atom is -0.353 e. The average molecular weight is 316 g/mol. The van der Waals surface area contributed by atoms with Gasteiger partial charge in [0.25, 0.3) is 5.56 Å². The summed E-state index contributed by atoms with van der Waals surface area (Å²) in [5, 5.41) is 12.3. The number of H-pyrrole nitrogens is 1. The van der Waals surface area contributed by atoms with Crippen LogP contribution in [0.3, 0.4) is 0 Å². The number of hydrogen-bond acceptors (Lipinski definition) is 5. The molecule has 0 aromatic carbocycles. The zero-order chi connectivity index (χ0) is 16.4. The first kappa shape index (κ1) is 15.3. The van der Waals surface area contributed by atoms with Gasteiger partial charge in [-0.25, -0.2) is 4.79 Å². The van der Waals surface area contributed by atoms with Crippen LogP contribution in [0.25, 0.3) is 11.2 Å². The van der Waals surface area contributed by atoms with E-state index in [-0.39, 0.29) is 6.42 Å². The van der Waals surface area contributed by atoms with E-state index in [1.54, 1.807) is 11.6 Å². The summed E-state index contributed by atoms with van der Waals surface area (Å²) in [5.74, 6) is 0.564.